The number of benzene rings is 1. The average molecular weight is 250 g/mol. The molecule has 0 saturated heterocycles. The molecular weight excluding hydrogens is 236 g/mol. The average Bonchev–Trinajstić information content (AvgIpc) is 2.62. The highest BCUT2D eigenvalue weighted by Crippen LogP contribution is 2.20. The molecule has 2 rings (SSSR count). The zero-order valence-electron chi connectivity index (χ0n) is 10.4. The van der Waals surface area contributed by atoms with E-state index in [2.05, 4.69) is 0 Å². The first-order valence-corrected chi connectivity index (χ1v) is 5.47. The van der Waals surface area contributed by atoms with Crippen molar-refractivity contribution < 1.29 is 14.3 Å². The molecule has 1 N–H and O–H groups in total. The van der Waals surface area contributed by atoms with Crippen molar-refractivity contribution in [2.45, 2.75) is 13.0 Å². The summed E-state index contributed by atoms with van der Waals surface area (Å²) in [4.78, 5) is 24.3. The maximum Gasteiger partial charge on any atom is 0.419 e. The van der Waals surface area contributed by atoms with E-state index in [4.69, 9.17) is 4.42 Å². The van der Waals surface area contributed by atoms with Gasteiger partial charge in [0, 0.05) is 25.8 Å². The van der Waals surface area contributed by atoms with Crippen molar-refractivity contribution in [3.63, 3.8) is 0 Å². The summed E-state index contributed by atoms with van der Waals surface area (Å²) in [5.74, 6) is -0.876. The lowest BCUT2D eigenvalue weighted by molar-refractivity contribution is -0.125. The fourth-order valence-electron chi connectivity index (χ4n) is 1.74. The first kappa shape index (κ1) is 12.4. The van der Waals surface area contributed by atoms with Gasteiger partial charge in [-0.2, -0.15) is 0 Å². The van der Waals surface area contributed by atoms with Crippen LogP contribution in [0.2, 0.25) is 0 Å². The highest BCUT2D eigenvalue weighted by molar-refractivity contribution is 5.97. The van der Waals surface area contributed by atoms with Crippen LogP contribution in [0.15, 0.2) is 27.4 Å². The van der Waals surface area contributed by atoms with Crippen molar-refractivity contribution in [1.29, 1.82) is 0 Å². The summed E-state index contributed by atoms with van der Waals surface area (Å²) < 4.78 is 6.42. The Labute approximate surface area is 103 Å². The number of likely N-dealkylation sites (N-methyl/N-ethyl adjacent to an activating group) is 1. The van der Waals surface area contributed by atoms with Crippen LogP contribution in [0.3, 0.4) is 0 Å². The monoisotopic (exact) mass is 250 g/mol. The van der Waals surface area contributed by atoms with Crippen molar-refractivity contribution in [2.24, 2.45) is 7.05 Å². The maximum absolute atomic E-state index is 11.6. The summed E-state index contributed by atoms with van der Waals surface area (Å²) in [6.07, 6.45) is -1.08. The third-order valence-electron chi connectivity index (χ3n) is 2.85. The number of aromatic nitrogens is 1. The van der Waals surface area contributed by atoms with Gasteiger partial charge in [-0.1, -0.05) is 0 Å². The summed E-state index contributed by atoms with van der Waals surface area (Å²) in [5.41, 5.74) is 1.62. The minimum Gasteiger partial charge on any atom is -0.408 e. The van der Waals surface area contributed by atoms with Crippen molar-refractivity contribution in [3.05, 3.63) is 28.7 Å². The number of rotatable bonds is 2. The molecule has 0 aliphatic rings. The molecule has 1 atom stereocenters. The number of hydrogen-bond donors (Lipinski definition) is 1. The quantitative estimate of drug-likeness (QED) is 0.840. The van der Waals surface area contributed by atoms with Gasteiger partial charge in [0.2, 0.25) is 0 Å². The van der Waals surface area contributed by atoms with Crippen LogP contribution in [0, 0.1) is 0 Å². The van der Waals surface area contributed by atoms with Gasteiger partial charge in [0.15, 0.2) is 5.58 Å². The summed E-state index contributed by atoms with van der Waals surface area (Å²) in [6.45, 7) is 1.40. The van der Waals surface area contributed by atoms with Gasteiger partial charge in [0.25, 0.3) is 5.91 Å². The normalized spacial score (nSPS) is 12.7. The number of nitrogens with zero attached hydrogens (tertiary/aromatic N) is 2. The van der Waals surface area contributed by atoms with E-state index in [1.807, 2.05) is 0 Å². The molecule has 0 spiro atoms. The van der Waals surface area contributed by atoms with E-state index in [0.717, 1.165) is 0 Å². The second-order valence-corrected chi connectivity index (χ2v) is 4.15. The molecule has 1 heterocycles. The van der Waals surface area contributed by atoms with Crippen LogP contribution < -0.4 is 10.7 Å². The zero-order chi connectivity index (χ0) is 13.4. The molecule has 96 valence electrons. The Morgan fingerprint density at radius 1 is 1.50 bits per heavy atom. The second kappa shape index (κ2) is 4.30. The summed E-state index contributed by atoms with van der Waals surface area (Å²) >= 11 is 0. The van der Waals surface area contributed by atoms with Crippen LogP contribution in [0.1, 0.15) is 6.92 Å². The molecule has 0 fully saturated rings. The molecule has 0 aliphatic heterocycles. The lowest BCUT2D eigenvalue weighted by Gasteiger charge is -2.18. The molecule has 1 aromatic heterocycles. The molecule has 1 amide bonds. The van der Waals surface area contributed by atoms with Gasteiger partial charge in [-0.05, 0) is 19.1 Å². The molecule has 6 nitrogen and oxygen atoms in total. The molecular formula is C12H14N2O4. The predicted octanol–water partition coefficient (Wildman–Crippen LogP) is 0.475. The van der Waals surface area contributed by atoms with E-state index in [-0.39, 0.29) is 0 Å². The third kappa shape index (κ3) is 1.91. The van der Waals surface area contributed by atoms with Crippen molar-refractivity contribution >= 4 is 22.7 Å². The molecule has 6 heteroatoms. The lowest BCUT2D eigenvalue weighted by Crippen LogP contribution is -2.34. The lowest BCUT2D eigenvalue weighted by atomic mass is 10.2. The number of carbonyl (C=O) groups is 1. The number of amides is 1. The minimum absolute atomic E-state index is 0.408. The standard InChI is InChI=1S/C12H14N2O4/c1-7(15)11(16)13(2)8-4-5-9-10(6-8)18-12(17)14(9)3/h4-7,15H,1-3H3. The number of oxazole rings is 1. The number of carbonyl (C=O) groups excluding carboxylic acids is 1. The van der Waals surface area contributed by atoms with Crippen molar-refractivity contribution in [3.8, 4) is 0 Å². The largest absolute Gasteiger partial charge is 0.419 e. The smallest absolute Gasteiger partial charge is 0.408 e. The first-order chi connectivity index (χ1) is 8.41. The van der Waals surface area contributed by atoms with Gasteiger partial charge in [-0.3, -0.25) is 9.36 Å². The SMILES string of the molecule is CC(O)C(=O)N(C)c1ccc2c(c1)oc(=O)n2C. The Bertz CT molecular complexity index is 654. The van der Waals surface area contributed by atoms with Crippen LogP contribution in [0.5, 0.6) is 0 Å². The fourth-order valence-corrected chi connectivity index (χ4v) is 1.74. The minimum atomic E-state index is -1.08. The van der Waals surface area contributed by atoms with Crippen molar-refractivity contribution in [2.75, 3.05) is 11.9 Å². The number of aryl methyl sites for hydroxylation is 1. The Morgan fingerprint density at radius 2 is 2.17 bits per heavy atom. The number of anilines is 1. The Kier molecular flexibility index (Phi) is 2.96. The second-order valence-electron chi connectivity index (χ2n) is 4.15. The Balaban J connectivity index is 2.48. The summed E-state index contributed by atoms with van der Waals surface area (Å²) in [5, 5.41) is 9.25. The van der Waals surface area contributed by atoms with Crippen LogP contribution in [-0.4, -0.2) is 28.7 Å². The first-order valence-electron chi connectivity index (χ1n) is 5.47. The van der Waals surface area contributed by atoms with E-state index in [9.17, 15) is 14.7 Å². The highest BCUT2D eigenvalue weighted by atomic mass is 16.4. The fraction of sp³-hybridized carbons (Fsp3) is 0.333. The molecule has 1 unspecified atom stereocenters. The molecule has 0 bridgehead atoms. The number of fused-ring (bicyclic) bond motifs is 1. The van der Waals surface area contributed by atoms with Crippen LogP contribution >= 0.6 is 0 Å². The third-order valence-corrected chi connectivity index (χ3v) is 2.85. The van der Waals surface area contributed by atoms with E-state index >= 15 is 0 Å². The van der Waals surface area contributed by atoms with Crippen LogP contribution in [0.25, 0.3) is 11.1 Å². The topological polar surface area (TPSA) is 75.7 Å². The van der Waals surface area contributed by atoms with E-state index in [0.29, 0.717) is 16.8 Å². The summed E-state index contributed by atoms with van der Waals surface area (Å²) in [7, 11) is 3.16. The van der Waals surface area contributed by atoms with E-state index in [1.165, 1.54) is 16.4 Å². The summed E-state index contributed by atoms with van der Waals surface area (Å²) in [6, 6.07) is 4.98. The zero-order valence-corrected chi connectivity index (χ0v) is 10.4. The molecule has 1 aromatic carbocycles. The van der Waals surface area contributed by atoms with E-state index < -0.39 is 17.8 Å². The molecule has 0 aliphatic carbocycles. The van der Waals surface area contributed by atoms with Crippen molar-refractivity contribution in [1.82, 2.24) is 4.57 Å². The Hall–Kier alpha value is -2.08. The van der Waals surface area contributed by atoms with Crippen LogP contribution in [0.4, 0.5) is 5.69 Å². The molecule has 0 radical (unpaired) electrons. The van der Waals surface area contributed by atoms with Crippen LogP contribution in [-0.2, 0) is 11.8 Å². The maximum atomic E-state index is 11.6. The number of aliphatic hydroxyl groups excluding tert-OH is 1. The predicted molar refractivity (Wildman–Crippen MR) is 66.5 cm³/mol. The highest BCUT2D eigenvalue weighted by Gasteiger charge is 2.17. The van der Waals surface area contributed by atoms with Gasteiger partial charge in [0.05, 0.1) is 5.52 Å². The van der Waals surface area contributed by atoms with Gasteiger partial charge in [0.1, 0.15) is 6.10 Å². The van der Waals surface area contributed by atoms with Gasteiger partial charge in [-0.15, -0.1) is 0 Å². The molecule has 18 heavy (non-hydrogen) atoms. The van der Waals surface area contributed by atoms with Gasteiger partial charge in [-0.25, -0.2) is 4.79 Å². The molecule has 2 aromatic rings. The Morgan fingerprint density at radius 3 is 2.78 bits per heavy atom. The van der Waals surface area contributed by atoms with Gasteiger partial charge >= 0.3 is 5.76 Å². The number of hydrogen-bond acceptors (Lipinski definition) is 4. The molecule has 0 saturated carbocycles. The van der Waals surface area contributed by atoms with Gasteiger partial charge < -0.3 is 14.4 Å². The van der Waals surface area contributed by atoms with E-state index in [1.54, 1.807) is 32.3 Å². The number of aliphatic hydroxyl groups is 1.